The Bertz CT molecular complexity index is 1100. The fourth-order valence-corrected chi connectivity index (χ4v) is 6.02. The van der Waals surface area contributed by atoms with E-state index >= 15 is 0 Å². The summed E-state index contributed by atoms with van der Waals surface area (Å²) in [7, 11) is 0.775. The summed E-state index contributed by atoms with van der Waals surface area (Å²) in [6.07, 6.45) is 2.37. The monoisotopic (exact) mass is 429 g/mol. The first kappa shape index (κ1) is 19.5. The Kier molecular flexibility index (Phi) is 4.99. The molecule has 30 heavy (non-hydrogen) atoms. The van der Waals surface area contributed by atoms with E-state index in [0.717, 1.165) is 27.0 Å². The van der Waals surface area contributed by atoms with Crippen molar-refractivity contribution in [1.82, 2.24) is 24.8 Å². The summed E-state index contributed by atoms with van der Waals surface area (Å²) < 4.78 is 30.0. The molecular weight excluding hydrogens is 407 g/mol. The molecule has 1 aromatic carbocycles. The fourth-order valence-electron chi connectivity index (χ4n) is 4.78. The van der Waals surface area contributed by atoms with Crippen molar-refractivity contribution in [2.75, 3.05) is 6.66 Å². The SMILES string of the molecule is CPN1[C@H]2CC[C@@H]1[C@H](NC(=O)c1ccc3c(cnn3-c3cccc(C(F)F)n3)c1)C2. The molecule has 2 fully saturated rings. The standard InChI is InChI=1S/C21H22F2N5OP/c1-30-28-14-6-8-18(28)16(10-14)26-21(29)12-5-7-17-13(9-12)11-24-27(17)19-4-2-3-15(25-19)20(22)23/h2-5,7,9,11,14,16,18,20,30H,6,8,10H2,1H3,(H,26,29)/t14-,16+,18+/m0/s1. The number of fused-ring (bicyclic) bond motifs is 3. The lowest BCUT2D eigenvalue weighted by Crippen LogP contribution is -2.42. The van der Waals surface area contributed by atoms with Crippen molar-refractivity contribution < 1.29 is 13.6 Å². The van der Waals surface area contributed by atoms with Crippen LogP contribution in [0.5, 0.6) is 0 Å². The maximum absolute atomic E-state index is 13.0. The second-order valence-corrected chi connectivity index (χ2v) is 8.76. The van der Waals surface area contributed by atoms with Crippen LogP contribution in [0.1, 0.15) is 41.7 Å². The largest absolute Gasteiger partial charge is 0.348 e. The number of hydrogen-bond acceptors (Lipinski definition) is 4. The lowest BCUT2D eigenvalue weighted by Gasteiger charge is -2.23. The van der Waals surface area contributed by atoms with E-state index in [2.05, 4.69) is 26.7 Å². The van der Waals surface area contributed by atoms with E-state index < -0.39 is 6.43 Å². The molecule has 5 rings (SSSR count). The van der Waals surface area contributed by atoms with Crippen LogP contribution >= 0.6 is 8.73 Å². The van der Waals surface area contributed by atoms with E-state index in [1.54, 1.807) is 30.5 Å². The van der Waals surface area contributed by atoms with Gasteiger partial charge in [0.2, 0.25) is 0 Å². The number of aromatic nitrogens is 3. The molecule has 1 N–H and O–H groups in total. The molecule has 2 bridgehead atoms. The summed E-state index contributed by atoms with van der Waals surface area (Å²) in [5.74, 6) is 0.238. The highest BCUT2D eigenvalue weighted by atomic mass is 31.1. The Morgan fingerprint density at radius 1 is 1.27 bits per heavy atom. The van der Waals surface area contributed by atoms with E-state index in [4.69, 9.17) is 0 Å². The van der Waals surface area contributed by atoms with Crippen molar-refractivity contribution in [3.8, 4) is 5.82 Å². The first-order chi connectivity index (χ1) is 14.5. The second kappa shape index (κ2) is 7.67. The number of alkyl halides is 2. The minimum absolute atomic E-state index is 0.0839. The summed E-state index contributed by atoms with van der Waals surface area (Å²) in [5, 5.41) is 8.27. The molecule has 4 atom stereocenters. The Hall–Kier alpha value is -2.44. The molecule has 6 nitrogen and oxygen atoms in total. The molecule has 0 saturated carbocycles. The number of carbonyl (C=O) groups excluding carboxylic acids is 1. The molecule has 0 radical (unpaired) electrons. The molecule has 156 valence electrons. The number of carbonyl (C=O) groups is 1. The maximum atomic E-state index is 13.0. The molecule has 2 aromatic heterocycles. The number of nitrogens with one attached hydrogen (secondary N) is 1. The first-order valence-electron chi connectivity index (χ1n) is 10.0. The molecule has 3 aromatic rings. The Balaban J connectivity index is 1.37. The van der Waals surface area contributed by atoms with Crippen LogP contribution in [0.15, 0.2) is 42.6 Å². The number of benzene rings is 1. The minimum atomic E-state index is -2.64. The third kappa shape index (κ3) is 3.28. The van der Waals surface area contributed by atoms with Gasteiger partial charge in [-0.15, -0.1) is 0 Å². The number of amides is 1. The average Bonchev–Trinajstić information content (AvgIpc) is 3.45. The van der Waals surface area contributed by atoms with Crippen LogP contribution in [0.2, 0.25) is 0 Å². The van der Waals surface area contributed by atoms with Crippen LogP contribution in [0.25, 0.3) is 16.7 Å². The van der Waals surface area contributed by atoms with E-state index in [1.807, 2.05) is 0 Å². The predicted molar refractivity (Wildman–Crippen MR) is 113 cm³/mol. The third-order valence-electron chi connectivity index (χ3n) is 6.14. The van der Waals surface area contributed by atoms with Gasteiger partial charge in [0.1, 0.15) is 5.69 Å². The van der Waals surface area contributed by atoms with Gasteiger partial charge < -0.3 is 5.32 Å². The van der Waals surface area contributed by atoms with Gasteiger partial charge in [-0.2, -0.15) is 5.10 Å². The fraction of sp³-hybridized carbons (Fsp3) is 0.381. The van der Waals surface area contributed by atoms with Crippen molar-refractivity contribution in [1.29, 1.82) is 0 Å². The Labute approximate surface area is 174 Å². The van der Waals surface area contributed by atoms with Gasteiger partial charge in [-0.25, -0.2) is 18.4 Å². The van der Waals surface area contributed by atoms with Crippen LogP contribution in [0, 0.1) is 0 Å². The van der Waals surface area contributed by atoms with Gasteiger partial charge in [-0.1, -0.05) is 14.8 Å². The lowest BCUT2D eigenvalue weighted by atomic mass is 9.95. The summed E-state index contributed by atoms with van der Waals surface area (Å²) >= 11 is 0. The first-order valence-corrected chi connectivity index (χ1v) is 11.5. The summed E-state index contributed by atoms with van der Waals surface area (Å²) in [6.45, 7) is 2.20. The molecule has 1 unspecified atom stereocenters. The Morgan fingerprint density at radius 2 is 2.13 bits per heavy atom. The highest BCUT2D eigenvalue weighted by molar-refractivity contribution is 7.34. The lowest BCUT2D eigenvalue weighted by molar-refractivity contribution is 0.0929. The van der Waals surface area contributed by atoms with Crippen LogP contribution in [-0.2, 0) is 0 Å². The number of rotatable bonds is 5. The summed E-state index contributed by atoms with van der Waals surface area (Å²) in [6, 6.07) is 11.0. The minimum Gasteiger partial charge on any atom is -0.348 e. The highest BCUT2D eigenvalue weighted by Crippen LogP contribution is 2.43. The van der Waals surface area contributed by atoms with Crippen LogP contribution in [-0.4, -0.2) is 50.1 Å². The normalized spacial score (nSPS) is 23.9. The smallest absolute Gasteiger partial charge is 0.280 e. The van der Waals surface area contributed by atoms with E-state index in [9.17, 15) is 13.6 Å². The van der Waals surface area contributed by atoms with Crippen molar-refractivity contribution in [3.05, 3.63) is 53.9 Å². The molecule has 2 saturated heterocycles. The molecule has 0 aliphatic carbocycles. The van der Waals surface area contributed by atoms with Gasteiger partial charge in [-0.05, 0) is 56.3 Å². The van der Waals surface area contributed by atoms with Gasteiger partial charge in [0.05, 0.1) is 11.7 Å². The molecule has 2 aliphatic rings. The number of halogens is 2. The molecular formula is C21H22F2N5OP. The topological polar surface area (TPSA) is 63.1 Å². The maximum Gasteiger partial charge on any atom is 0.280 e. The molecule has 1 amide bonds. The van der Waals surface area contributed by atoms with Gasteiger partial charge >= 0.3 is 0 Å². The molecule has 0 spiro atoms. The highest BCUT2D eigenvalue weighted by Gasteiger charge is 2.45. The second-order valence-electron chi connectivity index (χ2n) is 7.80. The van der Waals surface area contributed by atoms with Crippen molar-refractivity contribution in [2.24, 2.45) is 0 Å². The predicted octanol–water partition coefficient (Wildman–Crippen LogP) is 3.92. The summed E-state index contributed by atoms with van der Waals surface area (Å²) in [4.78, 5) is 16.9. The molecule has 2 aliphatic heterocycles. The van der Waals surface area contributed by atoms with Crippen LogP contribution < -0.4 is 5.32 Å². The van der Waals surface area contributed by atoms with E-state index in [0.29, 0.717) is 29.0 Å². The van der Waals surface area contributed by atoms with Gasteiger partial charge in [-0.3, -0.25) is 9.46 Å². The number of pyridine rings is 1. The van der Waals surface area contributed by atoms with Crippen molar-refractivity contribution in [2.45, 2.75) is 43.8 Å². The van der Waals surface area contributed by atoms with E-state index in [-0.39, 0.29) is 17.6 Å². The van der Waals surface area contributed by atoms with Crippen LogP contribution in [0.4, 0.5) is 8.78 Å². The zero-order chi connectivity index (χ0) is 20.8. The zero-order valence-electron chi connectivity index (χ0n) is 16.4. The van der Waals surface area contributed by atoms with Crippen LogP contribution in [0.3, 0.4) is 0 Å². The quantitative estimate of drug-likeness (QED) is 0.625. The van der Waals surface area contributed by atoms with Crippen molar-refractivity contribution in [3.63, 3.8) is 0 Å². The van der Waals surface area contributed by atoms with Crippen molar-refractivity contribution >= 4 is 25.5 Å². The Morgan fingerprint density at radius 3 is 2.90 bits per heavy atom. The van der Waals surface area contributed by atoms with Gasteiger partial charge in [0, 0.05) is 29.1 Å². The number of hydrogen-bond donors (Lipinski definition) is 1. The molecule has 4 heterocycles. The zero-order valence-corrected chi connectivity index (χ0v) is 17.4. The number of nitrogens with zero attached hydrogens (tertiary/aromatic N) is 4. The third-order valence-corrected chi connectivity index (χ3v) is 7.35. The summed E-state index contributed by atoms with van der Waals surface area (Å²) in [5.41, 5.74) is 0.994. The average molecular weight is 429 g/mol. The van der Waals surface area contributed by atoms with E-state index in [1.165, 1.54) is 23.2 Å². The van der Waals surface area contributed by atoms with Gasteiger partial charge in [0.15, 0.2) is 5.82 Å². The van der Waals surface area contributed by atoms with Gasteiger partial charge in [0.25, 0.3) is 12.3 Å². The molecule has 9 heteroatoms.